The maximum absolute atomic E-state index is 12.9. The Bertz CT molecular complexity index is 931. The molecule has 1 aromatic carbocycles. The van der Waals surface area contributed by atoms with Crippen molar-refractivity contribution in [3.05, 3.63) is 23.9 Å². The molecule has 5 heterocycles. The highest BCUT2D eigenvalue weighted by Gasteiger charge is 2.35. The van der Waals surface area contributed by atoms with E-state index in [1.54, 1.807) is 0 Å². The van der Waals surface area contributed by atoms with E-state index in [9.17, 15) is 4.79 Å². The van der Waals surface area contributed by atoms with Crippen molar-refractivity contribution in [2.45, 2.75) is 44.2 Å². The number of benzene rings is 1. The second-order valence-corrected chi connectivity index (χ2v) is 9.65. The Kier molecular flexibility index (Phi) is 4.68. The van der Waals surface area contributed by atoms with Crippen LogP contribution in [-0.4, -0.2) is 72.5 Å². The Labute approximate surface area is 177 Å². The number of nitrogens with one attached hydrogen (secondary N) is 2. The van der Waals surface area contributed by atoms with Gasteiger partial charge in [-0.15, -0.1) is 0 Å². The number of carbonyl (C=O) groups excluding carboxylic acids is 1. The van der Waals surface area contributed by atoms with Crippen molar-refractivity contribution in [3.8, 4) is 0 Å². The molecule has 2 atom stereocenters. The highest BCUT2D eigenvalue weighted by molar-refractivity contribution is 6.05. The smallest absolute Gasteiger partial charge is 0.272 e. The molecule has 0 spiro atoms. The van der Waals surface area contributed by atoms with Gasteiger partial charge in [-0.05, 0) is 75.2 Å². The van der Waals surface area contributed by atoms with Gasteiger partial charge in [-0.25, -0.2) is 0 Å². The number of rotatable bonds is 6. The molecule has 7 heteroatoms. The number of carbonyl (C=O) groups is 1. The second-order valence-electron chi connectivity index (χ2n) is 9.65. The number of fused-ring (bicyclic) bond motifs is 4. The van der Waals surface area contributed by atoms with Gasteiger partial charge in [-0.3, -0.25) is 9.89 Å². The first-order chi connectivity index (χ1) is 14.7. The fourth-order valence-corrected chi connectivity index (χ4v) is 5.40. The molecule has 1 saturated carbocycles. The summed E-state index contributed by atoms with van der Waals surface area (Å²) in [6, 6.07) is 6.53. The first kappa shape index (κ1) is 18.6. The predicted octanol–water partition coefficient (Wildman–Crippen LogP) is 2.39. The lowest BCUT2D eigenvalue weighted by atomic mass is 9.84. The number of piperidine rings is 3. The summed E-state index contributed by atoms with van der Waals surface area (Å²) in [7, 11) is 0. The zero-order valence-electron chi connectivity index (χ0n) is 17.5. The second kappa shape index (κ2) is 7.54. The number of hydrogen-bond acceptors (Lipinski definition) is 5. The van der Waals surface area contributed by atoms with Gasteiger partial charge in [0.1, 0.15) is 0 Å². The summed E-state index contributed by atoms with van der Waals surface area (Å²) in [5, 5.41) is 11.6. The first-order valence-corrected chi connectivity index (χ1v) is 11.6. The van der Waals surface area contributed by atoms with E-state index in [0.29, 0.717) is 17.7 Å². The Morgan fingerprint density at radius 2 is 2.00 bits per heavy atom. The summed E-state index contributed by atoms with van der Waals surface area (Å²) >= 11 is 0. The Morgan fingerprint density at radius 1 is 1.13 bits per heavy atom. The maximum atomic E-state index is 12.9. The molecule has 2 aromatic rings. The van der Waals surface area contributed by atoms with Crippen LogP contribution in [0.1, 0.15) is 42.6 Å². The van der Waals surface area contributed by atoms with Crippen LogP contribution in [0.25, 0.3) is 10.9 Å². The van der Waals surface area contributed by atoms with Gasteiger partial charge >= 0.3 is 0 Å². The lowest BCUT2D eigenvalue weighted by Gasteiger charge is -2.44. The van der Waals surface area contributed by atoms with Crippen molar-refractivity contribution in [2.24, 2.45) is 11.8 Å². The largest absolute Gasteiger partial charge is 0.376 e. The van der Waals surface area contributed by atoms with Gasteiger partial charge in [0.2, 0.25) is 0 Å². The van der Waals surface area contributed by atoms with E-state index in [4.69, 9.17) is 4.74 Å². The van der Waals surface area contributed by atoms with E-state index in [0.717, 1.165) is 49.5 Å². The number of aromatic amines is 1. The number of nitrogens with zero attached hydrogens (tertiary/aromatic N) is 3. The van der Waals surface area contributed by atoms with Gasteiger partial charge in [0.15, 0.2) is 5.69 Å². The Hall–Kier alpha value is -2.12. The van der Waals surface area contributed by atoms with Crippen LogP contribution >= 0.6 is 0 Å². The van der Waals surface area contributed by atoms with Gasteiger partial charge in [0, 0.05) is 43.4 Å². The Morgan fingerprint density at radius 3 is 2.77 bits per heavy atom. The fraction of sp³-hybridized carbons (Fsp3) is 0.652. The molecule has 2 N–H and O–H groups in total. The van der Waals surface area contributed by atoms with E-state index in [-0.39, 0.29) is 11.9 Å². The molecule has 160 valence electrons. The van der Waals surface area contributed by atoms with Gasteiger partial charge < -0.3 is 19.9 Å². The zero-order chi connectivity index (χ0) is 20.1. The van der Waals surface area contributed by atoms with Gasteiger partial charge in [-0.2, -0.15) is 5.10 Å². The van der Waals surface area contributed by atoms with Crippen LogP contribution < -0.4 is 10.2 Å². The van der Waals surface area contributed by atoms with Crippen LogP contribution in [0.4, 0.5) is 5.69 Å². The third kappa shape index (κ3) is 3.58. The molecular weight excluding hydrogens is 378 g/mol. The molecule has 1 aromatic heterocycles. The molecule has 0 radical (unpaired) electrons. The average Bonchev–Trinajstić information content (AvgIpc) is 3.32. The van der Waals surface area contributed by atoms with E-state index >= 15 is 0 Å². The van der Waals surface area contributed by atoms with Crippen LogP contribution in [0.15, 0.2) is 18.2 Å². The van der Waals surface area contributed by atoms with E-state index in [1.807, 2.05) is 6.07 Å². The molecule has 7 rings (SSSR count). The lowest BCUT2D eigenvalue weighted by molar-refractivity contribution is 0.0605. The standard InChI is InChI=1S/C23H31N5O2/c29-23(24-21-13-27-8-5-16(21)6-9-27)22-19-4-3-17(11-20(19)25-26-22)28-10-7-18(12-28)30-14-15-1-2-15/h3-4,11,15-16,18,21H,1-2,5-10,12-14H2,(H,24,29)(H,25,26)/t18-,21?/m1/s1. The predicted molar refractivity (Wildman–Crippen MR) is 116 cm³/mol. The summed E-state index contributed by atoms with van der Waals surface area (Å²) in [5.41, 5.74) is 2.61. The van der Waals surface area contributed by atoms with E-state index in [2.05, 4.69) is 37.4 Å². The summed E-state index contributed by atoms with van der Waals surface area (Å²) in [6.45, 7) is 6.21. The van der Waals surface area contributed by atoms with Gasteiger partial charge in [-0.1, -0.05) is 0 Å². The fourth-order valence-electron chi connectivity index (χ4n) is 5.40. The van der Waals surface area contributed by atoms with Crippen LogP contribution in [0.2, 0.25) is 0 Å². The minimum absolute atomic E-state index is 0.0533. The SMILES string of the molecule is O=C(NC1CN2CCC1CC2)c1n[nH]c2cc(N3CC[C@@H](OCC4CC4)C3)ccc12. The van der Waals surface area contributed by atoms with Crippen molar-refractivity contribution in [2.75, 3.05) is 44.2 Å². The molecule has 2 bridgehead atoms. The molecule has 5 fully saturated rings. The van der Waals surface area contributed by atoms with Crippen LogP contribution in [-0.2, 0) is 4.74 Å². The summed E-state index contributed by atoms with van der Waals surface area (Å²) in [4.78, 5) is 17.8. The molecule has 7 nitrogen and oxygen atoms in total. The summed E-state index contributed by atoms with van der Waals surface area (Å²) in [5.74, 6) is 1.37. The number of H-pyrrole nitrogens is 1. The number of hydrogen-bond donors (Lipinski definition) is 2. The molecule has 4 aliphatic heterocycles. The minimum Gasteiger partial charge on any atom is -0.376 e. The molecule has 1 aliphatic carbocycles. The van der Waals surface area contributed by atoms with Crippen molar-refractivity contribution in [1.29, 1.82) is 0 Å². The number of amides is 1. The number of ether oxygens (including phenoxy) is 1. The molecule has 5 aliphatic rings. The summed E-state index contributed by atoms with van der Waals surface area (Å²) in [6.07, 6.45) is 6.48. The molecule has 4 saturated heterocycles. The highest BCUT2D eigenvalue weighted by atomic mass is 16.5. The van der Waals surface area contributed by atoms with Crippen molar-refractivity contribution >= 4 is 22.5 Å². The monoisotopic (exact) mass is 409 g/mol. The van der Waals surface area contributed by atoms with Crippen LogP contribution in [0.5, 0.6) is 0 Å². The number of anilines is 1. The molecule has 1 unspecified atom stereocenters. The van der Waals surface area contributed by atoms with Crippen LogP contribution in [0, 0.1) is 11.8 Å². The lowest BCUT2D eigenvalue weighted by Crippen LogP contribution is -2.57. The van der Waals surface area contributed by atoms with E-state index in [1.165, 1.54) is 44.5 Å². The Balaban J connectivity index is 1.13. The first-order valence-electron chi connectivity index (χ1n) is 11.6. The quantitative estimate of drug-likeness (QED) is 0.766. The normalized spacial score (nSPS) is 30.9. The average molecular weight is 410 g/mol. The van der Waals surface area contributed by atoms with Crippen LogP contribution in [0.3, 0.4) is 0 Å². The maximum Gasteiger partial charge on any atom is 0.272 e. The molecule has 30 heavy (non-hydrogen) atoms. The molecule has 1 amide bonds. The minimum atomic E-state index is -0.0533. The zero-order valence-corrected chi connectivity index (χ0v) is 17.5. The third-order valence-corrected chi connectivity index (χ3v) is 7.51. The highest BCUT2D eigenvalue weighted by Crippen LogP contribution is 2.32. The molecular formula is C23H31N5O2. The van der Waals surface area contributed by atoms with Crippen molar-refractivity contribution in [1.82, 2.24) is 20.4 Å². The summed E-state index contributed by atoms with van der Waals surface area (Å²) < 4.78 is 6.08. The van der Waals surface area contributed by atoms with E-state index < -0.39 is 0 Å². The third-order valence-electron chi connectivity index (χ3n) is 7.51. The van der Waals surface area contributed by atoms with Gasteiger partial charge in [0.05, 0.1) is 11.6 Å². The topological polar surface area (TPSA) is 73.5 Å². The number of aromatic nitrogens is 2. The van der Waals surface area contributed by atoms with Gasteiger partial charge in [0.25, 0.3) is 5.91 Å². The van der Waals surface area contributed by atoms with Crippen molar-refractivity contribution < 1.29 is 9.53 Å². The van der Waals surface area contributed by atoms with Crippen molar-refractivity contribution in [3.63, 3.8) is 0 Å².